The Balaban J connectivity index is 1.90. The molecule has 0 aliphatic carbocycles. The molecule has 0 radical (unpaired) electrons. The van der Waals surface area contributed by atoms with E-state index < -0.39 is 0 Å². The van der Waals surface area contributed by atoms with Crippen molar-refractivity contribution in [1.82, 2.24) is 9.97 Å². The van der Waals surface area contributed by atoms with Crippen LogP contribution >= 0.6 is 15.9 Å². The van der Waals surface area contributed by atoms with E-state index in [9.17, 15) is 0 Å². The number of aromatic nitrogens is 2. The lowest BCUT2D eigenvalue weighted by Crippen LogP contribution is -2.01. The normalized spacial score (nSPS) is 11.0. The maximum atomic E-state index is 5.00. The van der Waals surface area contributed by atoms with Crippen LogP contribution in [0, 0.1) is 13.8 Å². The lowest BCUT2D eigenvalue weighted by Gasteiger charge is -2.12. The summed E-state index contributed by atoms with van der Waals surface area (Å²) >= 11 is 3.50. The predicted octanol–water partition coefficient (Wildman–Crippen LogP) is 6.27. The fraction of sp³-hybridized carbons (Fsp3) is 0.130. The summed E-state index contributed by atoms with van der Waals surface area (Å²) in [7, 11) is 0. The molecule has 0 N–H and O–H groups in total. The molecule has 0 unspecified atom stereocenters. The van der Waals surface area contributed by atoms with Crippen LogP contribution in [0.5, 0.6) is 0 Å². The van der Waals surface area contributed by atoms with Gasteiger partial charge in [-0.05, 0) is 54.8 Å². The fourth-order valence-corrected chi connectivity index (χ4v) is 3.36. The Morgan fingerprint density at radius 2 is 1.38 bits per heavy atom. The summed E-state index contributed by atoms with van der Waals surface area (Å²) < 4.78 is 1.08. The van der Waals surface area contributed by atoms with Crippen molar-refractivity contribution in [2.45, 2.75) is 20.3 Å². The summed E-state index contributed by atoms with van der Waals surface area (Å²) in [5, 5.41) is 0. The Hall–Kier alpha value is -2.52. The first-order valence-electron chi connectivity index (χ1n) is 8.68. The molecule has 0 amide bonds. The highest BCUT2D eigenvalue weighted by Crippen LogP contribution is 2.27. The zero-order chi connectivity index (χ0) is 18.1. The van der Waals surface area contributed by atoms with Crippen molar-refractivity contribution in [2.24, 2.45) is 0 Å². The Morgan fingerprint density at radius 1 is 0.769 bits per heavy atom. The first-order valence-corrected chi connectivity index (χ1v) is 9.47. The van der Waals surface area contributed by atoms with Crippen LogP contribution in [0.4, 0.5) is 0 Å². The van der Waals surface area contributed by atoms with Crippen LogP contribution in [0.1, 0.15) is 22.4 Å². The molecule has 0 atom stereocenters. The highest BCUT2D eigenvalue weighted by Gasteiger charge is 2.12. The second-order valence-corrected chi connectivity index (χ2v) is 7.53. The van der Waals surface area contributed by atoms with Crippen molar-refractivity contribution < 1.29 is 0 Å². The smallest absolute Gasteiger partial charge is 0.0928 e. The number of halogens is 1. The standard InChI is InChI=1S/C23H19BrN2/c1-15-12-20-21(13-16(15)2)26-23(18-6-4-3-5-7-18)22(25-20)14-17-8-10-19(24)11-9-17/h3-13H,14H2,1-2H3. The average molecular weight is 403 g/mol. The second kappa shape index (κ2) is 7.00. The lowest BCUT2D eigenvalue weighted by atomic mass is 10.0. The minimum atomic E-state index is 0.757. The third-order valence-electron chi connectivity index (χ3n) is 4.68. The zero-order valence-electron chi connectivity index (χ0n) is 14.8. The van der Waals surface area contributed by atoms with Gasteiger partial charge in [0.1, 0.15) is 0 Å². The third kappa shape index (κ3) is 3.40. The van der Waals surface area contributed by atoms with E-state index in [-0.39, 0.29) is 0 Å². The molecule has 0 saturated heterocycles. The first-order chi connectivity index (χ1) is 12.6. The summed E-state index contributed by atoms with van der Waals surface area (Å²) in [6.07, 6.45) is 0.757. The van der Waals surface area contributed by atoms with Gasteiger partial charge in [-0.25, -0.2) is 9.97 Å². The maximum absolute atomic E-state index is 5.00. The molecule has 2 nitrogen and oxygen atoms in total. The average Bonchev–Trinajstić information content (AvgIpc) is 2.65. The number of hydrogen-bond acceptors (Lipinski definition) is 2. The van der Waals surface area contributed by atoms with Gasteiger partial charge in [-0.3, -0.25) is 0 Å². The molecule has 0 fully saturated rings. The summed E-state index contributed by atoms with van der Waals surface area (Å²) in [6, 6.07) is 23.0. The Kier molecular flexibility index (Phi) is 4.56. The van der Waals surface area contributed by atoms with Crippen LogP contribution < -0.4 is 0 Å². The van der Waals surface area contributed by atoms with Gasteiger partial charge in [0.25, 0.3) is 0 Å². The molecule has 3 aromatic carbocycles. The van der Waals surface area contributed by atoms with Crippen molar-refractivity contribution in [3.8, 4) is 11.3 Å². The predicted molar refractivity (Wildman–Crippen MR) is 111 cm³/mol. The van der Waals surface area contributed by atoms with Crippen LogP contribution in [0.25, 0.3) is 22.3 Å². The first kappa shape index (κ1) is 16.9. The zero-order valence-corrected chi connectivity index (χ0v) is 16.4. The molecule has 1 aromatic heterocycles. The molecular weight excluding hydrogens is 384 g/mol. The van der Waals surface area contributed by atoms with Crippen molar-refractivity contribution in [3.63, 3.8) is 0 Å². The molecule has 4 rings (SSSR count). The van der Waals surface area contributed by atoms with Gasteiger partial charge in [0.05, 0.1) is 22.4 Å². The molecule has 4 aromatic rings. The van der Waals surface area contributed by atoms with E-state index in [1.165, 1.54) is 16.7 Å². The monoisotopic (exact) mass is 402 g/mol. The molecule has 0 saturated carbocycles. The quantitative estimate of drug-likeness (QED) is 0.403. The minimum Gasteiger partial charge on any atom is -0.249 e. The number of hydrogen-bond donors (Lipinski definition) is 0. The number of fused-ring (bicyclic) bond motifs is 1. The minimum absolute atomic E-state index is 0.757. The molecule has 3 heteroatoms. The SMILES string of the molecule is Cc1cc2nc(Cc3ccc(Br)cc3)c(-c3ccccc3)nc2cc1C. The van der Waals surface area contributed by atoms with Gasteiger partial charge in [-0.1, -0.05) is 58.4 Å². The number of aryl methyl sites for hydroxylation is 2. The van der Waals surface area contributed by atoms with E-state index in [1.807, 2.05) is 18.2 Å². The number of nitrogens with zero attached hydrogens (tertiary/aromatic N) is 2. The molecule has 26 heavy (non-hydrogen) atoms. The fourth-order valence-electron chi connectivity index (χ4n) is 3.09. The van der Waals surface area contributed by atoms with Crippen molar-refractivity contribution in [2.75, 3.05) is 0 Å². The molecule has 0 spiro atoms. The highest BCUT2D eigenvalue weighted by molar-refractivity contribution is 9.10. The topological polar surface area (TPSA) is 25.8 Å². The lowest BCUT2D eigenvalue weighted by molar-refractivity contribution is 1.07. The van der Waals surface area contributed by atoms with Gasteiger partial charge in [-0.15, -0.1) is 0 Å². The van der Waals surface area contributed by atoms with E-state index in [2.05, 4.69) is 78.3 Å². The molecule has 128 valence electrons. The Labute approximate surface area is 162 Å². The summed E-state index contributed by atoms with van der Waals surface area (Å²) in [5.74, 6) is 0. The van der Waals surface area contributed by atoms with E-state index in [4.69, 9.17) is 9.97 Å². The molecular formula is C23H19BrN2. The van der Waals surface area contributed by atoms with Gasteiger partial charge in [0, 0.05) is 16.5 Å². The molecule has 0 aliphatic heterocycles. The van der Waals surface area contributed by atoms with Crippen LogP contribution in [-0.4, -0.2) is 9.97 Å². The second-order valence-electron chi connectivity index (χ2n) is 6.61. The van der Waals surface area contributed by atoms with Gasteiger partial charge in [0.15, 0.2) is 0 Å². The Bertz CT molecular complexity index is 1070. The van der Waals surface area contributed by atoms with E-state index in [0.29, 0.717) is 0 Å². The van der Waals surface area contributed by atoms with Crippen molar-refractivity contribution >= 4 is 27.0 Å². The van der Waals surface area contributed by atoms with E-state index in [0.717, 1.165) is 38.9 Å². The van der Waals surface area contributed by atoms with Crippen LogP contribution in [0.15, 0.2) is 71.2 Å². The highest BCUT2D eigenvalue weighted by atomic mass is 79.9. The largest absolute Gasteiger partial charge is 0.249 e. The summed E-state index contributed by atoms with van der Waals surface area (Å²) in [6.45, 7) is 4.24. The van der Waals surface area contributed by atoms with Gasteiger partial charge < -0.3 is 0 Å². The van der Waals surface area contributed by atoms with Crippen molar-refractivity contribution in [3.05, 3.63) is 93.6 Å². The van der Waals surface area contributed by atoms with Crippen LogP contribution in [0.2, 0.25) is 0 Å². The van der Waals surface area contributed by atoms with Crippen LogP contribution in [0.3, 0.4) is 0 Å². The summed E-state index contributed by atoms with van der Waals surface area (Å²) in [4.78, 5) is 9.99. The maximum Gasteiger partial charge on any atom is 0.0928 e. The van der Waals surface area contributed by atoms with Crippen molar-refractivity contribution in [1.29, 1.82) is 0 Å². The molecule has 0 bridgehead atoms. The van der Waals surface area contributed by atoms with E-state index >= 15 is 0 Å². The summed E-state index contributed by atoms with van der Waals surface area (Å²) in [5.41, 5.74) is 8.69. The van der Waals surface area contributed by atoms with Gasteiger partial charge >= 0.3 is 0 Å². The van der Waals surface area contributed by atoms with Gasteiger partial charge in [0.2, 0.25) is 0 Å². The molecule has 1 heterocycles. The molecule has 0 aliphatic rings. The van der Waals surface area contributed by atoms with E-state index in [1.54, 1.807) is 0 Å². The number of benzene rings is 3. The number of rotatable bonds is 3. The Morgan fingerprint density at radius 3 is 2.04 bits per heavy atom. The van der Waals surface area contributed by atoms with Crippen LogP contribution in [-0.2, 0) is 6.42 Å². The van der Waals surface area contributed by atoms with Gasteiger partial charge in [-0.2, -0.15) is 0 Å². The third-order valence-corrected chi connectivity index (χ3v) is 5.21.